The predicted octanol–water partition coefficient (Wildman–Crippen LogP) is 2.54. The third kappa shape index (κ3) is 2.43. The van der Waals surface area contributed by atoms with Gasteiger partial charge in [0.1, 0.15) is 12.4 Å². The van der Waals surface area contributed by atoms with Gasteiger partial charge < -0.3 is 10.1 Å². The molecule has 0 fully saturated rings. The highest BCUT2D eigenvalue weighted by Crippen LogP contribution is 2.39. The maximum atomic E-state index is 5.90. The Morgan fingerprint density at radius 3 is 2.90 bits per heavy atom. The maximum Gasteiger partial charge on any atom is 0.124 e. The molecule has 2 unspecified atom stereocenters. The molecule has 1 aliphatic rings. The third-order valence-corrected chi connectivity index (χ3v) is 4.91. The molecule has 0 saturated heterocycles. The number of benzene rings is 1. The first-order chi connectivity index (χ1) is 9.69. The molecular weight excluding hydrogens is 270 g/mol. The van der Waals surface area contributed by atoms with Crippen molar-refractivity contribution in [3.05, 3.63) is 41.6 Å². The molecule has 0 bridgehead atoms. The van der Waals surface area contributed by atoms with E-state index >= 15 is 0 Å². The molecule has 1 aliphatic heterocycles. The van der Waals surface area contributed by atoms with Crippen molar-refractivity contribution >= 4 is 11.8 Å². The van der Waals surface area contributed by atoms with E-state index in [0.29, 0.717) is 17.9 Å². The zero-order chi connectivity index (χ0) is 14.1. The van der Waals surface area contributed by atoms with Crippen LogP contribution in [0.2, 0.25) is 0 Å². The number of nitrogens with zero attached hydrogens (tertiary/aromatic N) is 2. The standard InChI is InChI=1S/C15H19N3OS/c1-10-8-14(18(3)17-10)20-13-9-19-12-7-5-4-6-11(12)15(13)16-2/h4-8,13,15-16H,9H2,1-3H3. The first-order valence-electron chi connectivity index (χ1n) is 6.75. The van der Waals surface area contributed by atoms with Gasteiger partial charge in [0.25, 0.3) is 0 Å². The van der Waals surface area contributed by atoms with E-state index in [1.165, 1.54) is 10.6 Å². The van der Waals surface area contributed by atoms with Crippen LogP contribution in [0.15, 0.2) is 35.4 Å². The van der Waals surface area contributed by atoms with Crippen LogP contribution < -0.4 is 10.1 Å². The van der Waals surface area contributed by atoms with Crippen LogP contribution in [0, 0.1) is 6.92 Å². The summed E-state index contributed by atoms with van der Waals surface area (Å²) in [5, 5.41) is 9.35. The van der Waals surface area contributed by atoms with Gasteiger partial charge in [-0.25, -0.2) is 0 Å². The van der Waals surface area contributed by atoms with Crippen LogP contribution in [0.1, 0.15) is 17.3 Å². The molecule has 2 atom stereocenters. The molecule has 0 spiro atoms. The zero-order valence-electron chi connectivity index (χ0n) is 12.0. The minimum atomic E-state index is 0.292. The van der Waals surface area contributed by atoms with Gasteiger partial charge in [-0.1, -0.05) is 30.0 Å². The van der Waals surface area contributed by atoms with E-state index in [2.05, 4.69) is 28.6 Å². The number of thioether (sulfide) groups is 1. The van der Waals surface area contributed by atoms with Crippen molar-refractivity contribution in [2.75, 3.05) is 13.7 Å². The SMILES string of the molecule is CNC1c2ccccc2OCC1Sc1cc(C)nn1C. The minimum absolute atomic E-state index is 0.292. The van der Waals surface area contributed by atoms with Crippen molar-refractivity contribution in [3.63, 3.8) is 0 Å². The van der Waals surface area contributed by atoms with Crippen LogP contribution in [0.25, 0.3) is 0 Å². The molecule has 4 nitrogen and oxygen atoms in total. The van der Waals surface area contributed by atoms with Crippen molar-refractivity contribution in [2.24, 2.45) is 7.05 Å². The van der Waals surface area contributed by atoms with E-state index in [1.807, 2.05) is 49.6 Å². The molecule has 1 N–H and O–H groups in total. The third-order valence-electron chi connectivity index (χ3n) is 3.57. The molecule has 0 amide bonds. The van der Waals surface area contributed by atoms with Crippen LogP contribution in [0.5, 0.6) is 5.75 Å². The first-order valence-corrected chi connectivity index (χ1v) is 7.63. The Labute approximate surface area is 123 Å². The fourth-order valence-electron chi connectivity index (χ4n) is 2.63. The van der Waals surface area contributed by atoms with Crippen molar-refractivity contribution in [3.8, 4) is 5.75 Å². The number of rotatable bonds is 3. The minimum Gasteiger partial charge on any atom is -0.492 e. The number of ether oxygens (including phenoxy) is 1. The van der Waals surface area contributed by atoms with Gasteiger partial charge in [0, 0.05) is 12.6 Å². The van der Waals surface area contributed by atoms with E-state index in [9.17, 15) is 0 Å². The molecule has 1 aromatic heterocycles. The summed E-state index contributed by atoms with van der Waals surface area (Å²) in [4.78, 5) is 0. The number of para-hydroxylation sites is 1. The lowest BCUT2D eigenvalue weighted by molar-refractivity contribution is 0.264. The lowest BCUT2D eigenvalue weighted by Crippen LogP contribution is -2.35. The molecule has 1 aromatic carbocycles. The van der Waals surface area contributed by atoms with Gasteiger partial charge in [0.15, 0.2) is 0 Å². The summed E-state index contributed by atoms with van der Waals surface area (Å²) in [5.74, 6) is 0.991. The Balaban J connectivity index is 1.86. The van der Waals surface area contributed by atoms with E-state index in [1.54, 1.807) is 0 Å². The number of aromatic nitrogens is 2. The average molecular weight is 289 g/mol. The number of hydrogen-bond acceptors (Lipinski definition) is 4. The molecule has 0 aliphatic carbocycles. The Morgan fingerprint density at radius 2 is 2.20 bits per heavy atom. The van der Waals surface area contributed by atoms with E-state index < -0.39 is 0 Å². The molecule has 2 aromatic rings. The highest BCUT2D eigenvalue weighted by molar-refractivity contribution is 8.00. The van der Waals surface area contributed by atoms with Crippen LogP contribution >= 0.6 is 11.8 Å². The number of aryl methyl sites for hydroxylation is 2. The number of fused-ring (bicyclic) bond motifs is 1. The summed E-state index contributed by atoms with van der Waals surface area (Å²) in [6, 6.07) is 10.7. The van der Waals surface area contributed by atoms with Crippen LogP contribution in [-0.2, 0) is 7.05 Å². The van der Waals surface area contributed by atoms with Crippen LogP contribution in [-0.4, -0.2) is 28.7 Å². The second-order valence-electron chi connectivity index (χ2n) is 5.02. The summed E-state index contributed by atoms with van der Waals surface area (Å²) in [6.07, 6.45) is 0. The average Bonchev–Trinajstić information content (AvgIpc) is 2.76. The number of hydrogen-bond donors (Lipinski definition) is 1. The summed E-state index contributed by atoms with van der Waals surface area (Å²) in [7, 11) is 4.00. The highest BCUT2D eigenvalue weighted by Gasteiger charge is 2.31. The Hall–Kier alpha value is -1.46. The van der Waals surface area contributed by atoms with Gasteiger partial charge >= 0.3 is 0 Å². The second kappa shape index (κ2) is 5.50. The summed E-state index contributed by atoms with van der Waals surface area (Å²) in [5.41, 5.74) is 2.28. The van der Waals surface area contributed by atoms with Gasteiger partial charge in [-0.2, -0.15) is 5.10 Å². The lowest BCUT2D eigenvalue weighted by atomic mass is 10.0. The largest absolute Gasteiger partial charge is 0.492 e. The predicted molar refractivity (Wildman–Crippen MR) is 81.3 cm³/mol. The van der Waals surface area contributed by atoms with Gasteiger partial charge in [-0.15, -0.1) is 0 Å². The van der Waals surface area contributed by atoms with Gasteiger partial charge in [-0.3, -0.25) is 4.68 Å². The molecule has 20 heavy (non-hydrogen) atoms. The maximum absolute atomic E-state index is 5.90. The van der Waals surface area contributed by atoms with Gasteiger partial charge in [0.2, 0.25) is 0 Å². The fraction of sp³-hybridized carbons (Fsp3) is 0.400. The van der Waals surface area contributed by atoms with E-state index in [-0.39, 0.29) is 0 Å². The summed E-state index contributed by atoms with van der Waals surface area (Å²) < 4.78 is 7.83. The Morgan fingerprint density at radius 1 is 1.40 bits per heavy atom. The summed E-state index contributed by atoms with van der Waals surface area (Å²) in [6.45, 7) is 2.73. The molecule has 0 saturated carbocycles. The van der Waals surface area contributed by atoms with Crippen LogP contribution in [0.4, 0.5) is 0 Å². The van der Waals surface area contributed by atoms with Gasteiger partial charge in [0.05, 0.1) is 22.0 Å². The Bertz CT molecular complexity index is 611. The van der Waals surface area contributed by atoms with Crippen molar-refractivity contribution < 1.29 is 4.74 Å². The molecule has 106 valence electrons. The highest BCUT2D eigenvalue weighted by atomic mass is 32.2. The van der Waals surface area contributed by atoms with E-state index in [0.717, 1.165) is 11.4 Å². The second-order valence-corrected chi connectivity index (χ2v) is 6.28. The molecular formula is C15H19N3OS. The molecule has 3 rings (SSSR count). The number of nitrogens with one attached hydrogen (secondary N) is 1. The Kier molecular flexibility index (Phi) is 3.72. The topological polar surface area (TPSA) is 39.1 Å². The van der Waals surface area contributed by atoms with Crippen LogP contribution in [0.3, 0.4) is 0 Å². The first kappa shape index (κ1) is 13.5. The quantitative estimate of drug-likeness (QED) is 0.942. The lowest BCUT2D eigenvalue weighted by Gasteiger charge is -2.32. The smallest absolute Gasteiger partial charge is 0.124 e. The van der Waals surface area contributed by atoms with Gasteiger partial charge in [-0.05, 0) is 26.1 Å². The van der Waals surface area contributed by atoms with Crippen molar-refractivity contribution in [2.45, 2.75) is 23.2 Å². The van der Waals surface area contributed by atoms with Crippen molar-refractivity contribution in [1.29, 1.82) is 0 Å². The molecule has 5 heteroatoms. The monoisotopic (exact) mass is 289 g/mol. The van der Waals surface area contributed by atoms with Crippen molar-refractivity contribution in [1.82, 2.24) is 15.1 Å². The molecule has 0 radical (unpaired) electrons. The molecule has 2 heterocycles. The zero-order valence-corrected chi connectivity index (χ0v) is 12.8. The summed E-state index contributed by atoms with van der Waals surface area (Å²) >= 11 is 1.82. The fourth-order valence-corrected chi connectivity index (χ4v) is 3.93. The normalized spacial score (nSPS) is 21.4. The van der Waals surface area contributed by atoms with E-state index in [4.69, 9.17) is 4.74 Å².